The number of carbonyl (C=O) groups is 1. The van der Waals surface area contributed by atoms with Crippen LogP contribution < -0.4 is 0 Å². The summed E-state index contributed by atoms with van der Waals surface area (Å²) in [5, 5.41) is 13.7. The van der Waals surface area contributed by atoms with E-state index in [2.05, 4.69) is 32.6 Å². The van der Waals surface area contributed by atoms with Crippen molar-refractivity contribution in [2.45, 2.75) is 12.6 Å². The van der Waals surface area contributed by atoms with Gasteiger partial charge in [0.1, 0.15) is 0 Å². The average Bonchev–Trinajstić information content (AvgIpc) is 2.84. The molecule has 7 heteroatoms. The SMILES string of the molecule is C=CCN1C[C@@H](C(=O)O)CN2CCN(Cc3cnn(C)c3)C[C@H]2C1. The molecular formula is C17H27N5O2. The zero-order chi connectivity index (χ0) is 17.1. The Labute approximate surface area is 143 Å². The van der Waals surface area contributed by atoms with Gasteiger partial charge in [0.2, 0.25) is 0 Å². The van der Waals surface area contributed by atoms with E-state index < -0.39 is 5.97 Å². The second-order valence-corrected chi connectivity index (χ2v) is 6.95. The van der Waals surface area contributed by atoms with E-state index in [1.807, 2.05) is 24.0 Å². The Morgan fingerprint density at radius 2 is 2.12 bits per heavy atom. The molecule has 0 aliphatic carbocycles. The molecule has 2 atom stereocenters. The Bertz CT molecular complexity index is 587. The zero-order valence-corrected chi connectivity index (χ0v) is 14.3. The molecular weight excluding hydrogens is 306 g/mol. The average molecular weight is 333 g/mol. The van der Waals surface area contributed by atoms with Crippen LogP contribution in [-0.2, 0) is 18.4 Å². The van der Waals surface area contributed by atoms with Crippen molar-refractivity contribution in [3.63, 3.8) is 0 Å². The molecule has 0 aromatic carbocycles. The highest BCUT2D eigenvalue weighted by molar-refractivity contribution is 5.70. The first-order chi connectivity index (χ1) is 11.5. The second kappa shape index (κ2) is 7.46. The van der Waals surface area contributed by atoms with E-state index in [0.717, 1.165) is 39.3 Å². The van der Waals surface area contributed by atoms with Gasteiger partial charge in [0, 0.05) is 77.2 Å². The summed E-state index contributed by atoms with van der Waals surface area (Å²) >= 11 is 0. The molecule has 24 heavy (non-hydrogen) atoms. The summed E-state index contributed by atoms with van der Waals surface area (Å²) in [7, 11) is 1.94. The monoisotopic (exact) mass is 333 g/mol. The minimum Gasteiger partial charge on any atom is -0.481 e. The summed E-state index contributed by atoms with van der Waals surface area (Å²) in [6, 6.07) is 0.375. The van der Waals surface area contributed by atoms with Crippen LogP contribution in [-0.4, -0.2) is 87.4 Å². The maximum absolute atomic E-state index is 11.5. The molecule has 1 N–H and O–H groups in total. The topological polar surface area (TPSA) is 64.8 Å². The molecule has 3 rings (SSSR count). The number of rotatable bonds is 5. The van der Waals surface area contributed by atoms with Gasteiger partial charge in [-0.25, -0.2) is 0 Å². The van der Waals surface area contributed by atoms with Crippen molar-refractivity contribution in [1.29, 1.82) is 0 Å². The number of carboxylic acid groups (broad SMARTS) is 1. The normalized spacial score (nSPS) is 26.7. The van der Waals surface area contributed by atoms with E-state index >= 15 is 0 Å². The lowest BCUT2D eigenvalue weighted by Gasteiger charge is -2.41. The number of aromatic nitrogens is 2. The first kappa shape index (κ1) is 17.1. The highest BCUT2D eigenvalue weighted by Gasteiger charge is 2.35. The van der Waals surface area contributed by atoms with E-state index in [9.17, 15) is 9.90 Å². The molecule has 2 aliphatic heterocycles. The smallest absolute Gasteiger partial charge is 0.309 e. The van der Waals surface area contributed by atoms with Crippen LogP contribution in [0.1, 0.15) is 5.56 Å². The van der Waals surface area contributed by atoms with Gasteiger partial charge in [-0.3, -0.25) is 24.2 Å². The first-order valence-electron chi connectivity index (χ1n) is 8.55. The van der Waals surface area contributed by atoms with Crippen LogP contribution in [0.5, 0.6) is 0 Å². The van der Waals surface area contributed by atoms with Crippen LogP contribution >= 0.6 is 0 Å². The summed E-state index contributed by atoms with van der Waals surface area (Å²) in [6.07, 6.45) is 5.85. The minimum absolute atomic E-state index is 0.320. The maximum atomic E-state index is 11.5. The highest BCUT2D eigenvalue weighted by atomic mass is 16.4. The van der Waals surface area contributed by atoms with E-state index in [4.69, 9.17) is 0 Å². The van der Waals surface area contributed by atoms with Gasteiger partial charge in [-0.05, 0) is 0 Å². The van der Waals surface area contributed by atoms with Gasteiger partial charge in [0.05, 0.1) is 12.1 Å². The molecule has 2 fully saturated rings. The molecule has 0 spiro atoms. The van der Waals surface area contributed by atoms with Crippen molar-refractivity contribution in [3.8, 4) is 0 Å². The standard InChI is InChI=1S/C17H27N5O2/c1-3-4-20-10-15(17(23)24)11-22-6-5-21(13-16(22)12-20)9-14-7-18-19(2)8-14/h3,7-8,15-16H,1,4-6,9-13H2,2H3,(H,23,24)/t15-,16-/m1/s1. The summed E-state index contributed by atoms with van der Waals surface area (Å²) < 4.78 is 1.83. The first-order valence-corrected chi connectivity index (χ1v) is 8.55. The molecule has 0 radical (unpaired) electrons. The Morgan fingerprint density at radius 3 is 2.79 bits per heavy atom. The molecule has 0 saturated carbocycles. The number of aryl methyl sites for hydroxylation is 1. The molecule has 7 nitrogen and oxygen atoms in total. The fraction of sp³-hybridized carbons (Fsp3) is 0.647. The number of hydrogen-bond donors (Lipinski definition) is 1. The fourth-order valence-electron chi connectivity index (χ4n) is 3.84. The summed E-state index contributed by atoms with van der Waals surface area (Å²) in [6.45, 7) is 10.5. The summed E-state index contributed by atoms with van der Waals surface area (Å²) in [5.41, 5.74) is 1.23. The van der Waals surface area contributed by atoms with Gasteiger partial charge in [0.25, 0.3) is 0 Å². The molecule has 1 aromatic rings. The van der Waals surface area contributed by atoms with Crippen LogP contribution in [0.2, 0.25) is 0 Å². The van der Waals surface area contributed by atoms with Crippen molar-refractivity contribution in [3.05, 3.63) is 30.6 Å². The van der Waals surface area contributed by atoms with E-state index in [0.29, 0.717) is 19.1 Å². The predicted octanol–water partition coefficient (Wildman–Crippen LogP) is 0.109. The third-order valence-corrected chi connectivity index (χ3v) is 4.99. The van der Waals surface area contributed by atoms with E-state index in [-0.39, 0.29) is 5.92 Å². The molecule has 2 aliphatic rings. The van der Waals surface area contributed by atoms with Crippen LogP contribution in [0.25, 0.3) is 0 Å². The molecule has 0 bridgehead atoms. The second-order valence-electron chi connectivity index (χ2n) is 6.95. The lowest BCUT2D eigenvalue weighted by Crippen LogP contribution is -2.55. The number of nitrogens with zero attached hydrogens (tertiary/aromatic N) is 5. The Balaban J connectivity index is 1.66. The largest absolute Gasteiger partial charge is 0.481 e. The van der Waals surface area contributed by atoms with Crippen LogP contribution in [0.4, 0.5) is 0 Å². The molecule has 0 amide bonds. The zero-order valence-electron chi connectivity index (χ0n) is 14.3. The van der Waals surface area contributed by atoms with Crippen molar-refractivity contribution >= 4 is 5.97 Å². The van der Waals surface area contributed by atoms with Gasteiger partial charge in [-0.15, -0.1) is 6.58 Å². The number of fused-ring (bicyclic) bond motifs is 1. The van der Waals surface area contributed by atoms with Crippen molar-refractivity contribution in [2.24, 2.45) is 13.0 Å². The molecule has 132 valence electrons. The Morgan fingerprint density at radius 1 is 1.33 bits per heavy atom. The third-order valence-electron chi connectivity index (χ3n) is 4.99. The summed E-state index contributed by atoms with van der Waals surface area (Å²) in [5.74, 6) is -1.01. The number of aliphatic carboxylic acids is 1. The van der Waals surface area contributed by atoms with Gasteiger partial charge >= 0.3 is 5.97 Å². The lowest BCUT2D eigenvalue weighted by molar-refractivity contribution is -0.142. The van der Waals surface area contributed by atoms with Crippen molar-refractivity contribution < 1.29 is 9.90 Å². The molecule has 3 heterocycles. The molecule has 1 aromatic heterocycles. The van der Waals surface area contributed by atoms with Crippen LogP contribution in [0.3, 0.4) is 0 Å². The molecule has 2 saturated heterocycles. The minimum atomic E-state index is -0.692. The maximum Gasteiger partial charge on any atom is 0.309 e. The quantitative estimate of drug-likeness (QED) is 0.772. The Kier molecular flexibility index (Phi) is 5.33. The van der Waals surface area contributed by atoms with Gasteiger partial charge < -0.3 is 5.11 Å². The van der Waals surface area contributed by atoms with Crippen molar-refractivity contribution in [2.75, 3.05) is 45.8 Å². The highest BCUT2D eigenvalue weighted by Crippen LogP contribution is 2.20. The Hall–Kier alpha value is -1.70. The van der Waals surface area contributed by atoms with Gasteiger partial charge in [-0.2, -0.15) is 5.10 Å². The van der Waals surface area contributed by atoms with Gasteiger partial charge in [0.15, 0.2) is 0 Å². The number of hydrogen-bond acceptors (Lipinski definition) is 5. The number of piperazine rings is 1. The number of carboxylic acids is 1. The lowest BCUT2D eigenvalue weighted by atomic mass is 10.1. The third kappa shape index (κ3) is 4.03. The van der Waals surface area contributed by atoms with Crippen LogP contribution in [0, 0.1) is 5.92 Å². The van der Waals surface area contributed by atoms with Crippen LogP contribution in [0.15, 0.2) is 25.0 Å². The predicted molar refractivity (Wildman–Crippen MR) is 91.6 cm³/mol. The van der Waals surface area contributed by atoms with E-state index in [1.165, 1.54) is 5.56 Å². The molecule has 0 unspecified atom stereocenters. The van der Waals surface area contributed by atoms with Gasteiger partial charge in [-0.1, -0.05) is 6.08 Å². The fourth-order valence-corrected chi connectivity index (χ4v) is 3.84. The summed E-state index contributed by atoms with van der Waals surface area (Å²) in [4.78, 5) is 18.6. The van der Waals surface area contributed by atoms with Crippen molar-refractivity contribution in [1.82, 2.24) is 24.5 Å². The van der Waals surface area contributed by atoms with E-state index in [1.54, 1.807) is 0 Å².